The largest absolute Gasteiger partial charge is 0.282 e. The van der Waals surface area contributed by atoms with Gasteiger partial charge in [0.1, 0.15) is 0 Å². The quantitative estimate of drug-likeness (QED) is 0.843. The first-order valence-electron chi connectivity index (χ1n) is 7.98. The summed E-state index contributed by atoms with van der Waals surface area (Å²) in [7, 11) is 0. The third kappa shape index (κ3) is 3.74. The minimum absolute atomic E-state index is 0.421. The molecule has 1 N–H and O–H groups in total. The molecule has 2 atom stereocenters. The molecule has 0 spiro atoms. The van der Waals surface area contributed by atoms with Crippen molar-refractivity contribution in [2.24, 2.45) is 0 Å². The highest BCUT2D eigenvalue weighted by Gasteiger charge is 2.17. The van der Waals surface area contributed by atoms with Gasteiger partial charge in [0.15, 0.2) is 0 Å². The Morgan fingerprint density at radius 1 is 1.05 bits per heavy atom. The summed E-state index contributed by atoms with van der Waals surface area (Å²) in [6.45, 7) is 13.2. The van der Waals surface area contributed by atoms with Gasteiger partial charge >= 0.3 is 0 Å². The lowest BCUT2D eigenvalue weighted by Gasteiger charge is -2.14. The molecular formula is C17H28N4. The number of nitrogens with zero attached hydrogens (tertiary/aromatic N) is 3. The molecule has 0 aliphatic carbocycles. The van der Waals surface area contributed by atoms with Gasteiger partial charge in [-0.15, -0.1) is 0 Å². The van der Waals surface area contributed by atoms with E-state index in [0.29, 0.717) is 23.8 Å². The van der Waals surface area contributed by atoms with Crippen LogP contribution < -0.4 is 0 Å². The predicted molar refractivity (Wildman–Crippen MR) is 86.7 cm³/mol. The zero-order valence-electron chi connectivity index (χ0n) is 14.1. The van der Waals surface area contributed by atoms with Gasteiger partial charge in [-0.05, 0) is 44.2 Å². The van der Waals surface area contributed by atoms with Gasteiger partial charge < -0.3 is 0 Å². The van der Waals surface area contributed by atoms with Crippen LogP contribution in [0.25, 0.3) is 0 Å². The van der Waals surface area contributed by atoms with E-state index in [1.165, 1.54) is 11.4 Å². The number of rotatable bonds is 6. The molecule has 0 aliphatic heterocycles. The molecule has 0 bridgehead atoms. The lowest BCUT2D eigenvalue weighted by molar-refractivity contribution is 0.507. The topological polar surface area (TPSA) is 46.5 Å². The molecule has 0 amide bonds. The molecular weight excluding hydrogens is 260 g/mol. The van der Waals surface area contributed by atoms with Crippen LogP contribution in [0.5, 0.6) is 0 Å². The molecule has 2 aromatic rings. The van der Waals surface area contributed by atoms with E-state index in [4.69, 9.17) is 0 Å². The van der Waals surface area contributed by atoms with Gasteiger partial charge in [-0.1, -0.05) is 27.7 Å². The maximum absolute atomic E-state index is 4.68. The van der Waals surface area contributed by atoms with E-state index in [0.717, 1.165) is 12.1 Å². The molecule has 2 unspecified atom stereocenters. The second-order valence-electron chi connectivity index (χ2n) is 6.76. The summed E-state index contributed by atoms with van der Waals surface area (Å²) in [6.07, 6.45) is 3.16. The van der Waals surface area contributed by atoms with Crippen LogP contribution in [0, 0.1) is 0 Å². The van der Waals surface area contributed by atoms with Gasteiger partial charge in [-0.25, -0.2) is 0 Å². The fraction of sp³-hybridized carbons (Fsp3) is 0.647. The van der Waals surface area contributed by atoms with Crippen LogP contribution in [0.1, 0.15) is 88.8 Å². The first kappa shape index (κ1) is 15.8. The van der Waals surface area contributed by atoms with Crippen molar-refractivity contribution in [1.82, 2.24) is 20.0 Å². The van der Waals surface area contributed by atoms with Crippen molar-refractivity contribution in [3.8, 4) is 0 Å². The van der Waals surface area contributed by atoms with Gasteiger partial charge in [0, 0.05) is 23.9 Å². The monoisotopic (exact) mass is 288 g/mol. The van der Waals surface area contributed by atoms with Crippen molar-refractivity contribution < 1.29 is 0 Å². The normalized spacial score (nSPS) is 14.9. The SMILES string of the molecule is CC(C)c1cc(C(C)CC(C)c2ccn(C(C)C)n2)[nH]n1. The Balaban J connectivity index is 2.01. The van der Waals surface area contributed by atoms with Gasteiger partial charge in [-0.3, -0.25) is 9.78 Å². The molecule has 4 nitrogen and oxygen atoms in total. The number of aromatic amines is 1. The summed E-state index contributed by atoms with van der Waals surface area (Å²) >= 11 is 0. The standard InChI is InChI=1S/C17H28N4/c1-11(2)16-10-17(19-18-16)14(6)9-13(5)15-7-8-21(20-15)12(3)4/h7-8,10-14H,9H2,1-6H3,(H,18,19). The molecule has 2 rings (SSSR count). The first-order valence-corrected chi connectivity index (χ1v) is 7.98. The van der Waals surface area contributed by atoms with E-state index in [1.807, 2.05) is 4.68 Å². The summed E-state index contributed by atoms with van der Waals surface area (Å²) in [6, 6.07) is 4.77. The average molecular weight is 288 g/mol. The second-order valence-corrected chi connectivity index (χ2v) is 6.76. The number of hydrogen-bond donors (Lipinski definition) is 1. The number of nitrogens with one attached hydrogen (secondary N) is 1. The molecule has 0 aromatic carbocycles. The van der Waals surface area contributed by atoms with E-state index >= 15 is 0 Å². The van der Waals surface area contributed by atoms with E-state index in [-0.39, 0.29) is 0 Å². The Labute approximate surface area is 128 Å². The van der Waals surface area contributed by atoms with Crippen LogP contribution in [0.3, 0.4) is 0 Å². The Morgan fingerprint density at radius 3 is 2.29 bits per heavy atom. The van der Waals surface area contributed by atoms with Crippen LogP contribution in [-0.4, -0.2) is 20.0 Å². The molecule has 21 heavy (non-hydrogen) atoms. The van der Waals surface area contributed by atoms with Crippen molar-refractivity contribution >= 4 is 0 Å². The molecule has 0 aliphatic rings. The second kappa shape index (κ2) is 6.46. The Kier molecular flexibility index (Phi) is 4.86. The Morgan fingerprint density at radius 2 is 1.76 bits per heavy atom. The Hall–Kier alpha value is -1.58. The third-order valence-corrected chi connectivity index (χ3v) is 4.11. The maximum Gasteiger partial charge on any atom is 0.0653 e. The lowest BCUT2D eigenvalue weighted by atomic mass is 9.92. The molecule has 2 aromatic heterocycles. The third-order valence-electron chi connectivity index (χ3n) is 4.11. The summed E-state index contributed by atoms with van der Waals surface area (Å²) in [5.41, 5.74) is 3.56. The molecule has 0 saturated heterocycles. The van der Waals surface area contributed by atoms with Gasteiger partial charge in [-0.2, -0.15) is 10.2 Å². The molecule has 0 fully saturated rings. The summed E-state index contributed by atoms with van der Waals surface area (Å²) in [5.74, 6) is 1.39. The maximum atomic E-state index is 4.68. The average Bonchev–Trinajstić information content (AvgIpc) is 3.08. The lowest BCUT2D eigenvalue weighted by Crippen LogP contribution is -2.05. The van der Waals surface area contributed by atoms with E-state index in [1.54, 1.807) is 0 Å². The van der Waals surface area contributed by atoms with Crippen LogP contribution in [0.4, 0.5) is 0 Å². The van der Waals surface area contributed by atoms with Crippen LogP contribution in [-0.2, 0) is 0 Å². The van der Waals surface area contributed by atoms with Gasteiger partial charge in [0.05, 0.1) is 11.4 Å². The van der Waals surface area contributed by atoms with Gasteiger partial charge in [0.2, 0.25) is 0 Å². The molecule has 4 heteroatoms. The molecule has 116 valence electrons. The molecule has 0 saturated carbocycles. The van der Waals surface area contributed by atoms with Crippen molar-refractivity contribution in [3.05, 3.63) is 35.4 Å². The predicted octanol–water partition coefficient (Wildman–Crippen LogP) is 4.61. The summed E-state index contributed by atoms with van der Waals surface area (Å²) < 4.78 is 2.03. The van der Waals surface area contributed by atoms with Crippen LogP contribution in [0.2, 0.25) is 0 Å². The fourth-order valence-electron chi connectivity index (χ4n) is 2.58. The van der Waals surface area contributed by atoms with Crippen molar-refractivity contribution in [3.63, 3.8) is 0 Å². The van der Waals surface area contributed by atoms with Crippen LogP contribution >= 0.6 is 0 Å². The number of H-pyrrole nitrogens is 1. The summed E-state index contributed by atoms with van der Waals surface area (Å²) in [4.78, 5) is 0. The molecule has 0 radical (unpaired) electrons. The van der Waals surface area contributed by atoms with E-state index < -0.39 is 0 Å². The van der Waals surface area contributed by atoms with E-state index in [2.05, 4.69) is 75.2 Å². The summed E-state index contributed by atoms with van der Waals surface area (Å²) in [5, 5.41) is 12.3. The zero-order chi connectivity index (χ0) is 15.6. The highest BCUT2D eigenvalue weighted by Crippen LogP contribution is 2.29. The number of aromatic nitrogens is 4. The van der Waals surface area contributed by atoms with Crippen LogP contribution in [0.15, 0.2) is 18.3 Å². The van der Waals surface area contributed by atoms with Crippen molar-refractivity contribution in [2.45, 2.75) is 71.8 Å². The molecule has 2 heterocycles. The minimum atomic E-state index is 0.421. The minimum Gasteiger partial charge on any atom is -0.282 e. The number of hydrogen-bond acceptors (Lipinski definition) is 2. The van der Waals surface area contributed by atoms with Gasteiger partial charge in [0.25, 0.3) is 0 Å². The first-order chi connectivity index (χ1) is 9.88. The van der Waals surface area contributed by atoms with E-state index in [9.17, 15) is 0 Å². The zero-order valence-corrected chi connectivity index (χ0v) is 14.1. The van der Waals surface area contributed by atoms with Crippen molar-refractivity contribution in [1.29, 1.82) is 0 Å². The Bertz CT molecular complexity index is 515. The fourth-order valence-corrected chi connectivity index (χ4v) is 2.58. The smallest absolute Gasteiger partial charge is 0.0653 e. The van der Waals surface area contributed by atoms with Crippen molar-refractivity contribution in [2.75, 3.05) is 0 Å². The highest BCUT2D eigenvalue weighted by molar-refractivity contribution is 5.16. The highest BCUT2D eigenvalue weighted by atomic mass is 15.3.